The van der Waals surface area contributed by atoms with E-state index < -0.39 is 0 Å². The Morgan fingerprint density at radius 3 is 2.86 bits per heavy atom. The zero-order valence-corrected chi connectivity index (χ0v) is 13.7. The molecule has 1 aromatic rings. The summed E-state index contributed by atoms with van der Waals surface area (Å²) >= 11 is 0. The summed E-state index contributed by atoms with van der Waals surface area (Å²) in [6.07, 6.45) is 7.28. The van der Waals surface area contributed by atoms with E-state index in [1.807, 2.05) is 0 Å². The predicted molar refractivity (Wildman–Crippen MR) is 84.4 cm³/mol. The van der Waals surface area contributed by atoms with Crippen LogP contribution in [-0.4, -0.2) is 46.6 Å². The van der Waals surface area contributed by atoms with Gasteiger partial charge in [-0.25, -0.2) is 4.98 Å². The second-order valence-electron chi connectivity index (χ2n) is 6.89. The van der Waals surface area contributed by atoms with Crippen LogP contribution in [0.3, 0.4) is 0 Å². The number of nitrogens with zero attached hydrogens (tertiary/aromatic N) is 3. The first-order chi connectivity index (χ1) is 9.94. The monoisotopic (exact) mass is 292 g/mol. The molecule has 1 atom stereocenters. The van der Waals surface area contributed by atoms with Crippen LogP contribution < -0.4 is 10.1 Å². The Kier molecular flexibility index (Phi) is 5.53. The molecule has 0 saturated carbocycles. The van der Waals surface area contributed by atoms with Crippen molar-refractivity contribution in [1.29, 1.82) is 0 Å². The number of likely N-dealkylation sites (tertiary alicyclic amines) is 1. The van der Waals surface area contributed by atoms with Gasteiger partial charge in [-0.3, -0.25) is 4.98 Å². The molecule has 118 valence electrons. The maximum atomic E-state index is 5.85. The number of likely N-dealkylation sites (N-methyl/N-ethyl adjacent to an activating group) is 1. The summed E-state index contributed by atoms with van der Waals surface area (Å²) in [5.41, 5.74) is 0.989. The van der Waals surface area contributed by atoms with Gasteiger partial charge in [0.25, 0.3) is 0 Å². The lowest BCUT2D eigenvalue weighted by molar-refractivity contribution is 0.122. The predicted octanol–water partition coefficient (Wildman–Crippen LogP) is 2.23. The van der Waals surface area contributed by atoms with Crippen molar-refractivity contribution >= 4 is 0 Å². The lowest BCUT2D eigenvalue weighted by atomic mass is 10.0. The quantitative estimate of drug-likeness (QED) is 0.902. The van der Waals surface area contributed by atoms with Crippen LogP contribution in [0.1, 0.15) is 45.7 Å². The number of nitrogens with one attached hydrogen (secondary N) is 1. The van der Waals surface area contributed by atoms with E-state index in [0.29, 0.717) is 25.1 Å². The van der Waals surface area contributed by atoms with E-state index in [1.54, 1.807) is 12.4 Å². The van der Waals surface area contributed by atoms with E-state index in [2.05, 4.69) is 48.0 Å². The molecule has 1 N–H and O–H groups in total. The van der Waals surface area contributed by atoms with Gasteiger partial charge in [-0.1, -0.05) is 6.42 Å². The van der Waals surface area contributed by atoms with Gasteiger partial charge in [0.15, 0.2) is 0 Å². The zero-order chi connectivity index (χ0) is 15.3. The van der Waals surface area contributed by atoms with E-state index in [0.717, 1.165) is 12.2 Å². The van der Waals surface area contributed by atoms with Gasteiger partial charge < -0.3 is 15.0 Å². The molecule has 1 aliphatic rings. The van der Waals surface area contributed by atoms with Crippen molar-refractivity contribution in [3.63, 3.8) is 0 Å². The SMILES string of the molecule is CN1CCCCC1COc1cncc(CNC(C)(C)C)n1. The van der Waals surface area contributed by atoms with E-state index in [-0.39, 0.29) is 5.54 Å². The molecule has 0 aromatic carbocycles. The standard InChI is InChI=1S/C16H28N4O/c1-16(2,3)18-10-13-9-17-11-15(19-13)21-12-14-7-5-6-8-20(14)4/h9,11,14,18H,5-8,10,12H2,1-4H3. The highest BCUT2D eigenvalue weighted by Gasteiger charge is 2.19. The Labute approximate surface area is 128 Å². The maximum absolute atomic E-state index is 5.85. The summed E-state index contributed by atoms with van der Waals surface area (Å²) in [7, 11) is 2.17. The molecule has 1 saturated heterocycles. The number of aromatic nitrogens is 2. The Morgan fingerprint density at radius 1 is 1.33 bits per heavy atom. The van der Waals surface area contributed by atoms with Crippen LogP contribution in [0.4, 0.5) is 0 Å². The molecule has 2 heterocycles. The van der Waals surface area contributed by atoms with Crippen molar-refractivity contribution in [1.82, 2.24) is 20.2 Å². The molecule has 5 nitrogen and oxygen atoms in total. The Morgan fingerprint density at radius 2 is 2.14 bits per heavy atom. The van der Waals surface area contributed by atoms with Crippen LogP contribution in [0.25, 0.3) is 0 Å². The summed E-state index contributed by atoms with van der Waals surface area (Å²) in [5.74, 6) is 0.627. The molecule has 0 spiro atoms. The van der Waals surface area contributed by atoms with Crippen molar-refractivity contribution in [2.45, 2.75) is 58.2 Å². The van der Waals surface area contributed by atoms with Crippen molar-refractivity contribution < 1.29 is 4.74 Å². The van der Waals surface area contributed by atoms with Crippen LogP contribution in [0.5, 0.6) is 5.88 Å². The van der Waals surface area contributed by atoms with Crippen LogP contribution in [0.2, 0.25) is 0 Å². The number of piperidine rings is 1. The first kappa shape index (κ1) is 16.2. The molecule has 1 aliphatic heterocycles. The molecule has 1 unspecified atom stereocenters. The number of hydrogen-bond acceptors (Lipinski definition) is 5. The van der Waals surface area contributed by atoms with E-state index in [4.69, 9.17) is 4.74 Å². The number of hydrogen-bond donors (Lipinski definition) is 1. The fraction of sp³-hybridized carbons (Fsp3) is 0.750. The van der Waals surface area contributed by atoms with Crippen LogP contribution in [0, 0.1) is 0 Å². The van der Waals surface area contributed by atoms with Gasteiger partial charge in [-0.15, -0.1) is 0 Å². The van der Waals surface area contributed by atoms with Gasteiger partial charge in [0, 0.05) is 24.3 Å². The molecule has 2 rings (SSSR count). The Bertz CT molecular complexity index is 444. The molecular weight excluding hydrogens is 264 g/mol. The second kappa shape index (κ2) is 7.18. The highest BCUT2D eigenvalue weighted by molar-refractivity contribution is 5.08. The molecule has 0 radical (unpaired) electrons. The molecule has 0 amide bonds. The van der Waals surface area contributed by atoms with Crippen molar-refractivity contribution in [2.75, 3.05) is 20.2 Å². The van der Waals surface area contributed by atoms with Gasteiger partial charge in [0.1, 0.15) is 6.61 Å². The Hall–Kier alpha value is -1.20. The van der Waals surface area contributed by atoms with Crippen molar-refractivity contribution in [2.24, 2.45) is 0 Å². The highest BCUT2D eigenvalue weighted by atomic mass is 16.5. The largest absolute Gasteiger partial charge is 0.475 e. The van der Waals surface area contributed by atoms with Gasteiger partial charge >= 0.3 is 0 Å². The minimum Gasteiger partial charge on any atom is -0.475 e. The smallest absolute Gasteiger partial charge is 0.232 e. The van der Waals surface area contributed by atoms with Crippen molar-refractivity contribution in [3.8, 4) is 5.88 Å². The highest BCUT2D eigenvalue weighted by Crippen LogP contribution is 2.16. The first-order valence-electron chi connectivity index (χ1n) is 7.83. The van der Waals surface area contributed by atoms with Crippen LogP contribution in [-0.2, 0) is 6.54 Å². The van der Waals surface area contributed by atoms with Gasteiger partial charge in [0.05, 0.1) is 11.9 Å². The van der Waals surface area contributed by atoms with Gasteiger partial charge in [-0.2, -0.15) is 0 Å². The lowest BCUT2D eigenvalue weighted by Crippen LogP contribution is -2.40. The molecule has 1 aromatic heterocycles. The fourth-order valence-corrected chi connectivity index (χ4v) is 2.43. The van der Waals surface area contributed by atoms with Gasteiger partial charge in [-0.05, 0) is 47.2 Å². The molecular formula is C16H28N4O. The Balaban J connectivity index is 1.85. The molecule has 0 aliphatic carbocycles. The van der Waals surface area contributed by atoms with Crippen LogP contribution in [0.15, 0.2) is 12.4 Å². The summed E-state index contributed by atoms with van der Waals surface area (Å²) < 4.78 is 5.85. The average Bonchev–Trinajstić information content (AvgIpc) is 2.44. The minimum atomic E-state index is 0.0728. The van der Waals surface area contributed by atoms with E-state index in [1.165, 1.54) is 19.3 Å². The molecule has 21 heavy (non-hydrogen) atoms. The third-order valence-corrected chi connectivity index (χ3v) is 3.81. The van der Waals surface area contributed by atoms with Crippen molar-refractivity contribution in [3.05, 3.63) is 18.1 Å². The number of ether oxygens (including phenoxy) is 1. The summed E-state index contributed by atoms with van der Waals surface area (Å²) in [5, 5.41) is 3.41. The van der Waals surface area contributed by atoms with Gasteiger partial charge in [0.2, 0.25) is 5.88 Å². The topological polar surface area (TPSA) is 50.3 Å². The third-order valence-electron chi connectivity index (χ3n) is 3.81. The summed E-state index contributed by atoms with van der Waals surface area (Å²) in [6, 6.07) is 0.497. The normalized spacial score (nSPS) is 20.5. The maximum Gasteiger partial charge on any atom is 0.232 e. The second-order valence-corrected chi connectivity index (χ2v) is 6.89. The molecule has 0 bridgehead atoms. The third kappa shape index (κ3) is 5.59. The van der Waals surface area contributed by atoms with E-state index in [9.17, 15) is 0 Å². The summed E-state index contributed by atoms with van der Waals surface area (Å²) in [4.78, 5) is 11.1. The number of rotatable bonds is 5. The fourth-order valence-electron chi connectivity index (χ4n) is 2.43. The molecule has 5 heteroatoms. The average molecular weight is 292 g/mol. The lowest BCUT2D eigenvalue weighted by Gasteiger charge is -2.31. The first-order valence-corrected chi connectivity index (χ1v) is 7.83. The zero-order valence-electron chi connectivity index (χ0n) is 13.7. The summed E-state index contributed by atoms with van der Waals surface area (Å²) in [6.45, 7) is 8.98. The molecule has 1 fully saturated rings. The van der Waals surface area contributed by atoms with E-state index >= 15 is 0 Å². The minimum absolute atomic E-state index is 0.0728. The van der Waals surface area contributed by atoms with Crippen LogP contribution >= 0.6 is 0 Å².